The largest absolute Gasteiger partial charge is 0.505 e. The molecular weight excluding hydrogens is 221 g/mol. The number of aromatic hydroxyl groups is 1. The van der Waals surface area contributed by atoms with E-state index in [0.29, 0.717) is 12.1 Å². The highest BCUT2D eigenvalue weighted by Gasteiger charge is 2.20. The van der Waals surface area contributed by atoms with Gasteiger partial charge in [-0.15, -0.1) is 0 Å². The lowest BCUT2D eigenvalue weighted by molar-refractivity contribution is 0.361. The van der Waals surface area contributed by atoms with E-state index in [-0.39, 0.29) is 16.7 Å². The Morgan fingerprint density at radius 2 is 2.27 bits per heavy atom. The SMILES string of the molecule is COc1c(Cl)cc(C(C)CN)c(O)c1F. The Hall–Kier alpha value is -1.00. The highest BCUT2D eigenvalue weighted by Crippen LogP contribution is 2.38. The second kappa shape index (κ2) is 4.68. The molecule has 0 aliphatic rings. The molecule has 1 aromatic carbocycles. The van der Waals surface area contributed by atoms with Crippen LogP contribution in [-0.2, 0) is 0 Å². The molecule has 0 fully saturated rings. The first kappa shape index (κ1) is 12.1. The summed E-state index contributed by atoms with van der Waals surface area (Å²) in [5.74, 6) is -1.61. The van der Waals surface area contributed by atoms with Gasteiger partial charge in [-0.2, -0.15) is 4.39 Å². The summed E-state index contributed by atoms with van der Waals surface area (Å²) >= 11 is 5.79. The second-order valence-corrected chi connectivity index (χ2v) is 3.69. The quantitative estimate of drug-likeness (QED) is 0.842. The highest BCUT2D eigenvalue weighted by molar-refractivity contribution is 6.32. The molecule has 1 rings (SSSR count). The molecule has 0 bridgehead atoms. The Morgan fingerprint density at radius 3 is 2.73 bits per heavy atom. The van der Waals surface area contributed by atoms with Gasteiger partial charge >= 0.3 is 0 Å². The van der Waals surface area contributed by atoms with Gasteiger partial charge in [-0.05, 0) is 18.5 Å². The molecule has 0 spiro atoms. The van der Waals surface area contributed by atoms with E-state index in [9.17, 15) is 9.50 Å². The van der Waals surface area contributed by atoms with Gasteiger partial charge in [-0.25, -0.2) is 0 Å². The third-order valence-electron chi connectivity index (χ3n) is 2.27. The number of hydrogen-bond acceptors (Lipinski definition) is 3. The number of phenolic OH excluding ortho intramolecular Hbond substituents is 1. The Labute approximate surface area is 92.6 Å². The van der Waals surface area contributed by atoms with Crippen LogP contribution in [0.25, 0.3) is 0 Å². The Bertz CT molecular complexity index is 371. The van der Waals surface area contributed by atoms with Crippen molar-refractivity contribution in [1.82, 2.24) is 0 Å². The topological polar surface area (TPSA) is 55.5 Å². The summed E-state index contributed by atoms with van der Waals surface area (Å²) in [4.78, 5) is 0. The monoisotopic (exact) mass is 233 g/mol. The van der Waals surface area contributed by atoms with Crippen molar-refractivity contribution in [3.63, 3.8) is 0 Å². The third-order valence-corrected chi connectivity index (χ3v) is 2.55. The van der Waals surface area contributed by atoms with Crippen LogP contribution in [0.5, 0.6) is 11.5 Å². The van der Waals surface area contributed by atoms with Gasteiger partial charge in [-0.1, -0.05) is 18.5 Å². The summed E-state index contributed by atoms with van der Waals surface area (Å²) in [5.41, 5.74) is 5.83. The maximum atomic E-state index is 13.5. The van der Waals surface area contributed by atoms with Crippen molar-refractivity contribution in [2.45, 2.75) is 12.8 Å². The maximum absolute atomic E-state index is 13.5. The molecule has 0 saturated heterocycles. The van der Waals surface area contributed by atoms with Crippen molar-refractivity contribution in [1.29, 1.82) is 0 Å². The Morgan fingerprint density at radius 1 is 1.67 bits per heavy atom. The molecular formula is C10H13ClFNO2. The van der Waals surface area contributed by atoms with Crippen molar-refractivity contribution < 1.29 is 14.2 Å². The molecule has 1 atom stereocenters. The summed E-state index contributed by atoms with van der Waals surface area (Å²) < 4.78 is 18.2. The first-order valence-electron chi connectivity index (χ1n) is 4.47. The van der Waals surface area contributed by atoms with Crippen molar-refractivity contribution in [2.24, 2.45) is 5.73 Å². The highest BCUT2D eigenvalue weighted by atomic mass is 35.5. The molecule has 0 saturated carbocycles. The molecule has 0 heterocycles. The van der Waals surface area contributed by atoms with E-state index in [1.165, 1.54) is 13.2 Å². The van der Waals surface area contributed by atoms with Crippen LogP contribution in [0.4, 0.5) is 4.39 Å². The zero-order valence-corrected chi connectivity index (χ0v) is 9.31. The Balaban J connectivity index is 3.33. The number of halogens is 2. The number of benzene rings is 1. The van der Waals surface area contributed by atoms with E-state index in [1.54, 1.807) is 6.92 Å². The van der Waals surface area contributed by atoms with E-state index >= 15 is 0 Å². The fraction of sp³-hybridized carbons (Fsp3) is 0.400. The molecule has 3 N–H and O–H groups in total. The molecule has 15 heavy (non-hydrogen) atoms. The van der Waals surface area contributed by atoms with Crippen LogP contribution < -0.4 is 10.5 Å². The summed E-state index contributed by atoms with van der Waals surface area (Å²) in [6.07, 6.45) is 0. The number of ether oxygens (including phenoxy) is 1. The molecule has 0 aromatic heterocycles. The Kier molecular flexibility index (Phi) is 3.77. The van der Waals surface area contributed by atoms with E-state index in [1.807, 2.05) is 0 Å². The first-order valence-corrected chi connectivity index (χ1v) is 4.85. The number of nitrogens with two attached hydrogens (primary N) is 1. The summed E-state index contributed by atoms with van der Waals surface area (Å²) in [5, 5.41) is 9.69. The average molecular weight is 234 g/mol. The normalized spacial score (nSPS) is 12.6. The molecule has 5 heteroatoms. The van der Waals surface area contributed by atoms with Crippen molar-refractivity contribution in [3.05, 3.63) is 22.5 Å². The van der Waals surface area contributed by atoms with Gasteiger partial charge < -0.3 is 15.6 Å². The zero-order valence-electron chi connectivity index (χ0n) is 8.55. The fourth-order valence-electron chi connectivity index (χ4n) is 1.30. The number of methoxy groups -OCH3 is 1. The van der Waals surface area contributed by atoms with E-state index in [0.717, 1.165) is 0 Å². The molecule has 3 nitrogen and oxygen atoms in total. The van der Waals surface area contributed by atoms with Crippen molar-refractivity contribution >= 4 is 11.6 Å². The fourth-order valence-corrected chi connectivity index (χ4v) is 1.58. The molecule has 0 aliphatic heterocycles. The lowest BCUT2D eigenvalue weighted by Gasteiger charge is -2.14. The van der Waals surface area contributed by atoms with Crippen LogP contribution in [-0.4, -0.2) is 18.8 Å². The minimum Gasteiger partial charge on any atom is -0.505 e. The summed E-state index contributed by atoms with van der Waals surface area (Å²) in [6, 6.07) is 1.47. The van der Waals surface area contributed by atoms with Gasteiger partial charge in [0, 0.05) is 5.56 Å². The van der Waals surface area contributed by atoms with Gasteiger partial charge in [0.15, 0.2) is 11.5 Å². The van der Waals surface area contributed by atoms with Gasteiger partial charge in [0.2, 0.25) is 5.82 Å². The van der Waals surface area contributed by atoms with Crippen molar-refractivity contribution in [2.75, 3.05) is 13.7 Å². The third kappa shape index (κ3) is 2.16. The lowest BCUT2D eigenvalue weighted by Crippen LogP contribution is -2.10. The van der Waals surface area contributed by atoms with E-state index in [2.05, 4.69) is 0 Å². The van der Waals surface area contributed by atoms with Crippen LogP contribution in [0.2, 0.25) is 5.02 Å². The van der Waals surface area contributed by atoms with Gasteiger partial charge in [-0.3, -0.25) is 0 Å². The second-order valence-electron chi connectivity index (χ2n) is 3.28. The minimum atomic E-state index is -0.847. The van der Waals surface area contributed by atoms with Gasteiger partial charge in [0.05, 0.1) is 12.1 Å². The molecule has 0 amide bonds. The molecule has 0 radical (unpaired) electrons. The van der Waals surface area contributed by atoms with Gasteiger partial charge in [0.1, 0.15) is 0 Å². The van der Waals surface area contributed by atoms with Crippen LogP contribution >= 0.6 is 11.6 Å². The summed E-state index contributed by atoms with van der Waals surface area (Å²) in [7, 11) is 1.29. The van der Waals surface area contributed by atoms with E-state index < -0.39 is 11.6 Å². The van der Waals surface area contributed by atoms with Crippen LogP contribution in [0.1, 0.15) is 18.4 Å². The number of rotatable bonds is 3. The first-order chi connectivity index (χ1) is 7.02. The average Bonchev–Trinajstić information content (AvgIpc) is 2.23. The number of hydrogen-bond donors (Lipinski definition) is 2. The lowest BCUT2D eigenvalue weighted by atomic mass is 10.00. The smallest absolute Gasteiger partial charge is 0.208 e. The summed E-state index contributed by atoms with van der Waals surface area (Å²) in [6.45, 7) is 2.08. The van der Waals surface area contributed by atoms with Crippen molar-refractivity contribution in [3.8, 4) is 11.5 Å². The predicted molar refractivity (Wildman–Crippen MR) is 57.1 cm³/mol. The van der Waals surface area contributed by atoms with Crippen LogP contribution in [0, 0.1) is 5.82 Å². The van der Waals surface area contributed by atoms with E-state index in [4.69, 9.17) is 22.1 Å². The molecule has 1 aromatic rings. The standard InChI is InChI=1S/C10H13ClFNO2/c1-5(4-13)6-3-7(11)10(15-2)8(12)9(6)14/h3,5,14H,4,13H2,1-2H3. The minimum absolute atomic E-state index is 0.128. The predicted octanol–water partition coefficient (Wildman–Crippen LogP) is 2.26. The maximum Gasteiger partial charge on any atom is 0.208 e. The van der Waals surface area contributed by atoms with Gasteiger partial charge in [0.25, 0.3) is 0 Å². The molecule has 1 unspecified atom stereocenters. The van der Waals surface area contributed by atoms with Crippen LogP contribution in [0.15, 0.2) is 6.07 Å². The van der Waals surface area contributed by atoms with Crippen LogP contribution in [0.3, 0.4) is 0 Å². The molecule has 84 valence electrons. The number of phenols is 1. The molecule has 0 aliphatic carbocycles. The zero-order chi connectivity index (χ0) is 11.6.